The predicted molar refractivity (Wildman–Crippen MR) is 153 cm³/mol. The van der Waals surface area contributed by atoms with Crippen molar-refractivity contribution in [3.05, 3.63) is 143 Å². The number of hydrogen-bond acceptors (Lipinski definition) is 4. The number of esters is 1. The molecule has 4 rings (SSSR count). The molecule has 0 fully saturated rings. The molecule has 0 aliphatic carbocycles. The first-order valence-corrected chi connectivity index (χ1v) is 13.0. The number of benzene rings is 4. The molecule has 0 aliphatic rings. The van der Waals surface area contributed by atoms with E-state index in [0.29, 0.717) is 16.8 Å². The quantitative estimate of drug-likeness (QED) is 0.131. The first kappa shape index (κ1) is 27.6. The third kappa shape index (κ3) is 7.57. The molecular weight excluding hydrogens is 489 g/mol. The first-order chi connectivity index (χ1) is 18.7. The van der Waals surface area contributed by atoms with Gasteiger partial charge in [-0.15, -0.1) is 0 Å². The third-order valence-electron chi connectivity index (χ3n) is 6.19. The molecule has 0 bridgehead atoms. The summed E-state index contributed by atoms with van der Waals surface area (Å²) in [7, 11) is 0. The van der Waals surface area contributed by atoms with E-state index in [-0.39, 0.29) is 12.2 Å². The van der Waals surface area contributed by atoms with Crippen molar-refractivity contribution >= 4 is 17.5 Å². The van der Waals surface area contributed by atoms with Crippen LogP contribution in [0.4, 0.5) is 4.39 Å². The Kier molecular flexibility index (Phi) is 8.82. The van der Waals surface area contributed by atoms with Crippen LogP contribution in [0.15, 0.2) is 120 Å². The lowest BCUT2D eigenvalue weighted by molar-refractivity contribution is -0.156. The maximum absolute atomic E-state index is 13.9. The number of carbonyl (C=O) groups is 2. The van der Waals surface area contributed by atoms with E-state index in [1.165, 1.54) is 12.1 Å². The van der Waals surface area contributed by atoms with Crippen LogP contribution in [0.3, 0.4) is 0 Å². The summed E-state index contributed by atoms with van der Waals surface area (Å²) in [6.07, 6.45) is -0.0140. The van der Waals surface area contributed by atoms with Gasteiger partial charge in [-0.05, 0) is 38.5 Å². The molecule has 0 saturated heterocycles. The minimum Gasteiger partial charge on any atom is -0.458 e. The molecule has 2 atom stereocenters. The number of aliphatic imine (C=N–C) groups is 1. The van der Waals surface area contributed by atoms with Crippen LogP contribution in [0.1, 0.15) is 60.2 Å². The molecule has 0 N–H and O–H groups in total. The standard InChI is InChI=1S/C34H32FNO3/c1-34(2,3)39-33(38)32(36-31(26-15-9-5-10-16-26)27-17-11-6-12-18-27)29(24-19-21-28(35)22-20-24)23-30(37)25-13-7-4-8-14-25/h4-22,29,32H,23H2,1-3H3/t29-,32+/m0/s1. The Morgan fingerprint density at radius 1 is 0.718 bits per heavy atom. The van der Waals surface area contributed by atoms with Gasteiger partial charge in [0.1, 0.15) is 11.4 Å². The lowest BCUT2D eigenvalue weighted by atomic mass is 9.85. The molecule has 4 nitrogen and oxygen atoms in total. The number of halogens is 1. The highest BCUT2D eigenvalue weighted by molar-refractivity contribution is 6.13. The summed E-state index contributed by atoms with van der Waals surface area (Å²) < 4.78 is 19.8. The van der Waals surface area contributed by atoms with E-state index in [4.69, 9.17) is 9.73 Å². The van der Waals surface area contributed by atoms with Crippen LogP contribution in [0, 0.1) is 5.82 Å². The highest BCUT2D eigenvalue weighted by Gasteiger charge is 2.35. The molecule has 4 aromatic carbocycles. The van der Waals surface area contributed by atoms with Crippen LogP contribution in [-0.2, 0) is 9.53 Å². The molecule has 4 aromatic rings. The van der Waals surface area contributed by atoms with E-state index in [2.05, 4.69) is 0 Å². The van der Waals surface area contributed by atoms with Crippen LogP contribution in [-0.4, -0.2) is 29.1 Å². The van der Waals surface area contributed by atoms with Gasteiger partial charge in [-0.25, -0.2) is 9.18 Å². The van der Waals surface area contributed by atoms with E-state index in [9.17, 15) is 14.0 Å². The van der Waals surface area contributed by atoms with Gasteiger partial charge in [0.05, 0.1) is 5.71 Å². The second kappa shape index (κ2) is 12.4. The molecule has 0 spiro atoms. The zero-order chi connectivity index (χ0) is 27.8. The Labute approximate surface area is 229 Å². The van der Waals surface area contributed by atoms with Gasteiger partial charge in [-0.1, -0.05) is 103 Å². The van der Waals surface area contributed by atoms with Crippen molar-refractivity contribution in [2.75, 3.05) is 0 Å². The Morgan fingerprint density at radius 2 is 1.18 bits per heavy atom. The maximum atomic E-state index is 13.9. The molecule has 198 valence electrons. The maximum Gasteiger partial charge on any atom is 0.332 e. The van der Waals surface area contributed by atoms with Crippen molar-refractivity contribution < 1.29 is 18.7 Å². The van der Waals surface area contributed by atoms with Crippen molar-refractivity contribution in [3.63, 3.8) is 0 Å². The Morgan fingerprint density at radius 3 is 1.64 bits per heavy atom. The minimum absolute atomic E-state index is 0.0140. The van der Waals surface area contributed by atoms with Gasteiger partial charge < -0.3 is 4.74 Å². The monoisotopic (exact) mass is 521 g/mol. The Bertz CT molecular complexity index is 1370. The summed E-state index contributed by atoms with van der Waals surface area (Å²) in [5.74, 6) is -1.80. The summed E-state index contributed by atoms with van der Waals surface area (Å²) in [5.41, 5.74) is 2.63. The predicted octanol–water partition coefficient (Wildman–Crippen LogP) is 7.43. The molecule has 0 unspecified atom stereocenters. The molecule has 0 radical (unpaired) electrons. The average molecular weight is 522 g/mol. The second-order valence-electron chi connectivity index (χ2n) is 10.3. The second-order valence-corrected chi connectivity index (χ2v) is 10.3. The zero-order valence-electron chi connectivity index (χ0n) is 22.4. The molecule has 0 amide bonds. The van der Waals surface area contributed by atoms with E-state index in [0.717, 1.165) is 11.1 Å². The van der Waals surface area contributed by atoms with Gasteiger partial charge in [0.25, 0.3) is 0 Å². The number of carbonyl (C=O) groups excluding carboxylic acids is 2. The fraction of sp³-hybridized carbons (Fsp3) is 0.206. The van der Waals surface area contributed by atoms with Crippen LogP contribution in [0.2, 0.25) is 0 Å². The van der Waals surface area contributed by atoms with Gasteiger partial charge in [-0.3, -0.25) is 9.79 Å². The molecule has 0 aromatic heterocycles. The zero-order valence-corrected chi connectivity index (χ0v) is 22.4. The minimum atomic E-state index is -1.07. The van der Waals surface area contributed by atoms with Gasteiger partial charge in [-0.2, -0.15) is 0 Å². The van der Waals surface area contributed by atoms with Crippen molar-refractivity contribution in [1.82, 2.24) is 0 Å². The summed E-state index contributed by atoms with van der Waals surface area (Å²) in [4.78, 5) is 32.3. The van der Waals surface area contributed by atoms with Crippen molar-refractivity contribution in [2.45, 2.75) is 44.8 Å². The number of hydrogen-bond donors (Lipinski definition) is 0. The van der Waals surface area contributed by atoms with Crippen LogP contribution in [0.25, 0.3) is 0 Å². The molecule has 0 aliphatic heterocycles. The van der Waals surface area contributed by atoms with E-state index >= 15 is 0 Å². The highest BCUT2D eigenvalue weighted by atomic mass is 19.1. The van der Waals surface area contributed by atoms with Crippen LogP contribution >= 0.6 is 0 Å². The SMILES string of the molecule is CC(C)(C)OC(=O)[C@H](N=C(c1ccccc1)c1ccccc1)[C@@H](CC(=O)c1ccccc1)c1ccc(F)cc1. The van der Waals surface area contributed by atoms with Crippen molar-refractivity contribution in [3.8, 4) is 0 Å². The fourth-order valence-electron chi connectivity index (χ4n) is 4.38. The Hall–Kier alpha value is -4.38. The van der Waals surface area contributed by atoms with Gasteiger partial charge in [0.15, 0.2) is 11.8 Å². The number of nitrogens with zero attached hydrogens (tertiary/aromatic N) is 1. The van der Waals surface area contributed by atoms with Crippen LogP contribution in [0.5, 0.6) is 0 Å². The molecule has 39 heavy (non-hydrogen) atoms. The lowest BCUT2D eigenvalue weighted by Crippen LogP contribution is -2.36. The van der Waals surface area contributed by atoms with Crippen molar-refractivity contribution in [2.24, 2.45) is 4.99 Å². The first-order valence-electron chi connectivity index (χ1n) is 13.0. The van der Waals surface area contributed by atoms with E-state index in [1.807, 2.05) is 66.7 Å². The van der Waals surface area contributed by atoms with Crippen molar-refractivity contribution in [1.29, 1.82) is 0 Å². The smallest absolute Gasteiger partial charge is 0.332 e. The number of Topliss-reactive ketones (excluding diaryl/α,β-unsaturated/α-hetero) is 1. The molecular formula is C34H32FNO3. The Balaban J connectivity index is 1.89. The summed E-state index contributed by atoms with van der Waals surface area (Å²) in [5, 5.41) is 0. The van der Waals surface area contributed by atoms with E-state index < -0.39 is 29.3 Å². The summed E-state index contributed by atoms with van der Waals surface area (Å²) >= 11 is 0. The molecule has 0 saturated carbocycles. The molecule has 5 heteroatoms. The summed E-state index contributed by atoms with van der Waals surface area (Å²) in [6, 6.07) is 32.9. The largest absolute Gasteiger partial charge is 0.458 e. The molecule has 0 heterocycles. The fourth-order valence-corrected chi connectivity index (χ4v) is 4.38. The van der Waals surface area contributed by atoms with E-state index in [1.54, 1.807) is 57.2 Å². The normalized spacial score (nSPS) is 12.7. The average Bonchev–Trinajstić information content (AvgIpc) is 2.93. The topological polar surface area (TPSA) is 55.7 Å². The lowest BCUT2D eigenvalue weighted by Gasteiger charge is -2.28. The number of ether oxygens (including phenoxy) is 1. The van der Waals surface area contributed by atoms with Crippen LogP contribution < -0.4 is 0 Å². The highest BCUT2D eigenvalue weighted by Crippen LogP contribution is 2.31. The number of ketones is 1. The van der Waals surface area contributed by atoms with Gasteiger partial charge in [0, 0.05) is 29.0 Å². The summed E-state index contributed by atoms with van der Waals surface area (Å²) in [6.45, 7) is 5.38. The van der Waals surface area contributed by atoms with Gasteiger partial charge >= 0.3 is 5.97 Å². The third-order valence-corrected chi connectivity index (χ3v) is 6.19. The van der Waals surface area contributed by atoms with Gasteiger partial charge in [0.2, 0.25) is 0 Å². The number of rotatable bonds is 9.